The highest BCUT2D eigenvalue weighted by atomic mass is 32.1. The molecule has 0 aliphatic carbocycles. The van der Waals surface area contributed by atoms with E-state index in [9.17, 15) is 10.1 Å². The molecule has 5 heteroatoms. The monoisotopic (exact) mass is 304 g/mol. The smallest absolute Gasteiger partial charge is 0.269 e. The topological polar surface area (TPSA) is 55.2 Å². The summed E-state index contributed by atoms with van der Waals surface area (Å²) in [6, 6.07) is 11.4. The summed E-state index contributed by atoms with van der Waals surface area (Å²) in [5.41, 5.74) is 1.13. The molecule has 0 saturated carbocycles. The van der Waals surface area contributed by atoms with Gasteiger partial charge in [-0.05, 0) is 30.4 Å². The van der Waals surface area contributed by atoms with E-state index in [1.807, 2.05) is 12.1 Å². The van der Waals surface area contributed by atoms with E-state index >= 15 is 0 Å². The van der Waals surface area contributed by atoms with Gasteiger partial charge in [0.25, 0.3) is 5.69 Å². The predicted molar refractivity (Wildman–Crippen MR) is 86.6 cm³/mol. The number of hydrogen-bond donors (Lipinski definition) is 1. The van der Waals surface area contributed by atoms with Gasteiger partial charge in [0.1, 0.15) is 0 Å². The molecule has 2 unspecified atom stereocenters. The van der Waals surface area contributed by atoms with Crippen LogP contribution in [-0.4, -0.2) is 4.92 Å². The van der Waals surface area contributed by atoms with E-state index in [4.69, 9.17) is 0 Å². The molecule has 0 fully saturated rings. The summed E-state index contributed by atoms with van der Waals surface area (Å²) in [7, 11) is 0. The fourth-order valence-electron chi connectivity index (χ4n) is 2.41. The van der Waals surface area contributed by atoms with Crippen LogP contribution in [0.5, 0.6) is 0 Å². The molecule has 21 heavy (non-hydrogen) atoms. The minimum Gasteiger partial charge on any atom is -0.303 e. The van der Waals surface area contributed by atoms with Crippen molar-refractivity contribution in [1.82, 2.24) is 5.32 Å². The maximum absolute atomic E-state index is 10.9. The number of nitrogens with one attached hydrogen (secondary N) is 1. The van der Waals surface area contributed by atoms with E-state index in [2.05, 4.69) is 30.6 Å². The SMILES string of the molecule is CCCC(NC(C)c1cccs1)c1cccc([N+](=O)[O-])c1. The summed E-state index contributed by atoms with van der Waals surface area (Å²) in [5.74, 6) is 0. The maximum atomic E-state index is 10.9. The van der Waals surface area contributed by atoms with E-state index in [1.54, 1.807) is 23.5 Å². The molecule has 2 atom stereocenters. The highest BCUT2D eigenvalue weighted by molar-refractivity contribution is 7.10. The van der Waals surface area contributed by atoms with Crippen molar-refractivity contribution in [2.45, 2.75) is 38.8 Å². The number of thiophene rings is 1. The average Bonchev–Trinajstić information content (AvgIpc) is 3.01. The number of nitro benzene ring substituents is 1. The molecule has 2 rings (SSSR count). The summed E-state index contributed by atoms with van der Waals surface area (Å²) in [4.78, 5) is 11.9. The van der Waals surface area contributed by atoms with Crippen molar-refractivity contribution < 1.29 is 4.92 Å². The summed E-state index contributed by atoms with van der Waals surface area (Å²) in [6.07, 6.45) is 1.98. The van der Waals surface area contributed by atoms with Crippen LogP contribution in [0.15, 0.2) is 41.8 Å². The number of benzene rings is 1. The largest absolute Gasteiger partial charge is 0.303 e. The van der Waals surface area contributed by atoms with Gasteiger partial charge in [0.05, 0.1) is 4.92 Å². The Kier molecular flexibility index (Phi) is 5.47. The molecule has 0 amide bonds. The summed E-state index contributed by atoms with van der Waals surface area (Å²) < 4.78 is 0. The van der Waals surface area contributed by atoms with Crippen molar-refractivity contribution in [3.63, 3.8) is 0 Å². The van der Waals surface area contributed by atoms with Crippen LogP contribution in [0, 0.1) is 10.1 Å². The zero-order valence-corrected chi connectivity index (χ0v) is 13.1. The summed E-state index contributed by atoms with van der Waals surface area (Å²) in [6.45, 7) is 4.26. The Hall–Kier alpha value is -1.72. The molecule has 1 aromatic heterocycles. The number of nitrogens with zero attached hydrogens (tertiary/aromatic N) is 1. The fourth-order valence-corrected chi connectivity index (χ4v) is 3.16. The third kappa shape index (κ3) is 4.12. The minimum absolute atomic E-state index is 0.131. The Balaban J connectivity index is 2.18. The van der Waals surface area contributed by atoms with Crippen LogP contribution in [0.1, 0.15) is 49.2 Å². The third-order valence-corrected chi connectivity index (χ3v) is 4.54. The Morgan fingerprint density at radius 3 is 2.76 bits per heavy atom. The zero-order valence-electron chi connectivity index (χ0n) is 12.3. The Morgan fingerprint density at radius 1 is 1.33 bits per heavy atom. The third-order valence-electron chi connectivity index (χ3n) is 3.48. The first kappa shape index (κ1) is 15.7. The molecular weight excluding hydrogens is 284 g/mol. The van der Waals surface area contributed by atoms with E-state index in [-0.39, 0.29) is 22.7 Å². The molecule has 112 valence electrons. The zero-order chi connectivity index (χ0) is 15.2. The normalized spacial score (nSPS) is 13.8. The molecule has 2 aromatic rings. The quantitative estimate of drug-likeness (QED) is 0.587. The van der Waals surface area contributed by atoms with Crippen LogP contribution in [0.3, 0.4) is 0 Å². The Labute approximate surface area is 129 Å². The van der Waals surface area contributed by atoms with Gasteiger partial charge in [0, 0.05) is 29.1 Å². The minimum atomic E-state index is -0.338. The number of rotatable bonds is 7. The van der Waals surface area contributed by atoms with Gasteiger partial charge in [0.2, 0.25) is 0 Å². The molecule has 0 bridgehead atoms. The highest BCUT2D eigenvalue weighted by Crippen LogP contribution is 2.27. The lowest BCUT2D eigenvalue weighted by Gasteiger charge is -2.23. The van der Waals surface area contributed by atoms with Gasteiger partial charge in [-0.15, -0.1) is 11.3 Å². The van der Waals surface area contributed by atoms with Crippen LogP contribution >= 0.6 is 11.3 Å². The lowest BCUT2D eigenvalue weighted by atomic mass is 10.0. The van der Waals surface area contributed by atoms with Crippen molar-refractivity contribution in [2.75, 3.05) is 0 Å². The second kappa shape index (κ2) is 7.33. The van der Waals surface area contributed by atoms with E-state index < -0.39 is 0 Å². The van der Waals surface area contributed by atoms with Gasteiger partial charge in [-0.25, -0.2) is 0 Å². The van der Waals surface area contributed by atoms with Crippen molar-refractivity contribution in [2.24, 2.45) is 0 Å². The van der Waals surface area contributed by atoms with Crippen LogP contribution < -0.4 is 5.32 Å². The van der Waals surface area contributed by atoms with Gasteiger partial charge in [-0.2, -0.15) is 0 Å². The van der Waals surface area contributed by atoms with Crippen LogP contribution in [-0.2, 0) is 0 Å². The van der Waals surface area contributed by atoms with Gasteiger partial charge < -0.3 is 5.32 Å². The fraction of sp³-hybridized carbons (Fsp3) is 0.375. The van der Waals surface area contributed by atoms with Crippen molar-refractivity contribution >= 4 is 17.0 Å². The first-order valence-electron chi connectivity index (χ1n) is 7.15. The maximum Gasteiger partial charge on any atom is 0.269 e. The molecule has 0 radical (unpaired) electrons. The number of non-ortho nitro benzene ring substituents is 1. The average molecular weight is 304 g/mol. The second-order valence-corrected chi connectivity index (χ2v) is 6.08. The van der Waals surface area contributed by atoms with Gasteiger partial charge in [-0.1, -0.05) is 31.5 Å². The Bertz CT molecular complexity index is 584. The second-order valence-electron chi connectivity index (χ2n) is 5.10. The lowest BCUT2D eigenvalue weighted by molar-refractivity contribution is -0.384. The number of hydrogen-bond acceptors (Lipinski definition) is 4. The standard InChI is InChI=1S/C16H20N2O2S/c1-3-6-15(17-12(2)16-9-5-10-21-16)13-7-4-8-14(11-13)18(19)20/h4-5,7-12,15,17H,3,6H2,1-2H3. The van der Waals surface area contributed by atoms with Crippen LogP contribution in [0.4, 0.5) is 5.69 Å². The molecule has 1 aromatic carbocycles. The molecule has 0 spiro atoms. The van der Waals surface area contributed by atoms with Gasteiger partial charge in [-0.3, -0.25) is 10.1 Å². The molecular formula is C16H20N2O2S. The van der Waals surface area contributed by atoms with E-state index in [0.717, 1.165) is 18.4 Å². The Morgan fingerprint density at radius 2 is 2.14 bits per heavy atom. The number of nitro groups is 1. The first-order chi connectivity index (χ1) is 10.1. The molecule has 4 nitrogen and oxygen atoms in total. The van der Waals surface area contributed by atoms with Crippen molar-refractivity contribution in [1.29, 1.82) is 0 Å². The summed E-state index contributed by atoms with van der Waals surface area (Å²) in [5, 5.41) is 16.6. The molecule has 1 heterocycles. The van der Waals surface area contributed by atoms with Gasteiger partial charge >= 0.3 is 0 Å². The van der Waals surface area contributed by atoms with Crippen molar-refractivity contribution in [3.05, 3.63) is 62.3 Å². The summed E-state index contributed by atoms with van der Waals surface area (Å²) >= 11 is 1.72. The molecule has 0 aliphatic rings. The molecule has 0 saturated heterocycles. The molecule has 0 aliphatic heterocycles. The van der Waals surface area contributed by atoms with Crippen molar-refractivity contribution in [3.8, 4) is 0 Å². The van der Waals surface area contributed by atoms with Gasteiger partial charge in [0.15, 0.2) is 0 Å². The van der Waals surface area contributed by atoms with Crippen LogP contribution in [0.2, 0.25) is 0 Å². The first-order valence-corrected chi connectivity index (χ1v) is 8.03. The lowest BCUT2D eigenvalue weighted by Crippen LogP contribution is -2.24. The van der Waals surface area contributed by atoms with E-state index in [0.29, 0.717) is 0 Å². The van der Waals surface area contributed by atoms with Crippen LogP contribution in [0.25, 0.3) is 0 Å². The predicted octanol–water partition coefficient (Wildman–Crippen LogP) is 4.85. The van der Waals surface area contributed by atoms with E-state index in [1.165, 1.54) is 10.9 Å². The molecule has 1 N–H and O–H groups in total. The highest BCUT2D eigenvalue weighted by Gasteiger charge is 2.17.